The maximum Gasteiger partial charge on any atom is 0.407 e. The Bertz CT molecular complexity index is 174. The maximum absolute atomic E-state index is 10.4. The Morgan fingerprint density at radius 2 is 2.33 bits per heavy atom. The number of nitrogens with zero attached hydrogens (tertiary/aromatic N) is 1. The van der Waals surface area contributed by atoms with E-state index in [0.717, 1.165) is 0 Å². The van der Waals surface area contributed by atoms with Gasteiger partial charge in [0.15, 0.2) is 0 Å². The first-order valence-electron chi connectivity index (χ1n) is 3.94. The van der Waals surface area contributed by atoms with E-state index in [-0.39, 0.29) is 5.92 Å². The first-order chi connectivity index (χ1) is 5.61. The minimum absolute atomic E-state index is 0.0334. The molecule has 1 rings (SSSR count). The van der Waals surface area contributed by atoms with Gasteiger partial charge in [-0.2, -0.15) is 0 Å². The van der Waals surface area contributed by atoms with Gasteiger partial charge in [0.25, 0.3) is 0 Å². The molecule has 0 bridgehead atoms. The number of amides is 1. The molecule has 0 aliphatic carbocycles. The highest BCUT2D eigenvalue weighted by atomic mass is 16.4. The molecule has 70 valence electrons. The molecular formula is C7H14N2O3. The van der Waals surface area contributed by atoms with Crippen LogP contribution in [0, 0.1) is 5.92 Å². The number of aliphatic hydroxyl groups excluding tert-OH is 1. The highest BCUT2D eigenvalue weighted by Crippen LogP contribution is 2.09. The van der Waals surface area contributed by atoms with Crippen molar-refractivity contribution in [3.05, 3.63) is 0 Å². The van der Waals surface area contributed by atoms with Gasteiger partial charge in [0.2, 0.25) is 0 Å². The zero-order valence-electron chi connectivity index (χ0n) is 7.03. The van der Waals surface area contributed by atoms with Crippen molar-refractivity contribution in [2.45, 2.75) is 6.10 Å². The third-order valence-electron chi connectivity index (χ3n) is 2.14. The van der Waals surface area contributed by atoms with E-state index in [0.29, 0.717) is 19.6 Å². The second kappa shape index (κ2) is 3.73. The van der Waals surface area contributed by atoms with Gasteiger partial charge in [-0.05, 0) is 0 Å². The van der Waals surface area contributed by atoms with E-state index < -0.39 is 12.2 Å². The second-order valence-electron chi connectivity index (χ2n) is 3.15. The zero-order chi connectivity index (χ0) is 9.14. The Morgan fingerprint density at radius 3 is 2.75 bits per heavy atom. The summed E-state index contributed by atoms with van der Waals surface area (Å²) in [7, 11) is 1.51. The lowest BCUT2D eigenvalue weighted by Crippen LogP contribution is -2.35. The Kier molecular flexibility index (Phi) is 2.88. The predicted octanol–water partition coefficient (Wildman–Crippen LogP) is -0.823. The Balaban J connectivity index is 2.35. The van der Waals surface area contributed by atoms with Crippen molar-refractivity contribution in [3.8, 4) is 0 Å². The zero-order valence-corrected chi connectivity index (χ0v) is 7.03. The van der Waals surface area contributed by atoms with Crippen LogP contribution in [0.1, 0.15) is 0 Å². The van der Waals surface area contributed by atoms with Gasteiger partial charge in [0.05, 0.1) is 6.10 Å². The molecule has 1 heterocycles. The molecule has 3 N–H and O–H groups in total. The summed E-state index contributed by atoms with van der Waals surface area (Å²) < 4.78 is 0. The Hall–Kier alpha value is -0.810. The molecule has 1 aliphatic rings. The molecule has 5 heteroatoms. The summed E-state index contributed by atoms with van der Waals surface area (Å²) in [4.78, 5) is 11.6. The molecule has 0 spiro atoms. The normalized spacial score (nSPS) is 28.8. The number of hydrogen-bond acceptors (Lipinski definition) is 3. The van der Waals surface area contributed by atoms with E-state index in [2.05, 4.69) is 5.32 Å². The van der Waals surface area contributed by atoms with Crippen LogP contribution in [-0.4, -0.2) is 54.0 Å². The summed E-state index contributed by atoms with van der Waals surface area (Å²) >= 11 is 0. The molecule has 0 aromatic heterocycles. The third kappa shape index (κ3) is 2.09. The van der Waals surface area contributed by atoms with Crippen molar-refractivity contribution in [1.29, 1.82) is 0 Å². The predicted molar refractivity (Wildman–Crippen MR) is 43.0 cm³/mol. The van der Waals surface area contributed by atoms with E-state index in [4.69, 9.17) is 5.11 Å². The molecule has 0 aromatic rings. The van der Waals surface area contributed by atoms with Crippen molar-refractivity contribution in [2.75, 3.05) is 26.7 Å². The quantitative estimate of drug-likeness (QED) is 0.511. The molecule has 1 saturated heterocycles. The standard InChI is InChI=1S/C7H14N2O3/c1-9(7(11)12)4-5-2-8-3-6(5)10/h5-6,8,10H,2-4H2,1H3,(H,11,12)/t5-,6+/m0/s1. The lowest BCUT2D eigenvalue weighted by atomic mass is 10.1. The lowest BCUT2D eigenvalue weighted by molar-refractivity contribution is 0.112. The number of carboxylic acid groups (broad SMARTS) is 1. The van der Waals surface area contributed by atoms with E-state index in [1.807, 2.05) is 0 Å². The fourth-order valence-corrected chi connectivity index (χ4v) is 1.34. The van der Waals surface area contributed by atoms with Gasteiger partial charge >= 0.3 is 6.09 Å². The largest absolute Gasteiger partial charge is 0.465 e. The summed E-state index contributed by atoms with van der Waals surface area (Å²) in [6, 6.07) is 0. The van der Waals surface area contributed by atoms with E-state index >= 15 is 0 Å². The van der Waals surface area contributed by atoms with Crippen LogP contribution in [0.4, 0.5) is 4.79 Å². The van der Waals surface area contributed by atoms with Crippen LogP contribution in [0.5, 0.6) is 0 Å². The first-order valence-corrected chi connectivity index (χ1v) is 3.94. The highest BCUT2D eigenvalue weighted by Gasteiger charge is 2.26. The number of rotatable bonds is 2. The monoisotopic (exact) mass is 174 g/mol. The van der Waals surface area contributed by atoms with Crippen LogP contribution in [-0.2, 0) is 0 Å². The van der Waals surface area contributed by atoms with Crippen LogP contribution in [0.25, 0.3) is 0 Å². The molecule has 12 heavy (non-hydrogen) atoms. The fraction of sp³-hybridized carbons (Fsp3) is 0.857. The van der Waals surface area contributed by atoms with Crippen LogP contribution in [0.2, 0.25) is 0 Å². The van der Waals surface area contributed by atoms with Crippen molar-refractivity contribution in [2.24, 2.45) is 5.92 Å². The second-order valence-corrected chi connectivity index (χ2v) is 3.15. The average Bonchev–Trinajstić information content (AvgIpc) is 2.36. The van der Waals surface area contributed by atoms with E-state index in [1.165, 1.54) is 11.9 Å². The molecular weight excluding hydrogens is 160 g/mol. The van der Waals surface area contributed by atoms with Crippen LogP contribution < -0.4 is 5.32 Å². The van der Waals surface area contributed by atoms with E-state index in [9.17, 15) is 9.90 Å². The smallest absolute Gasteiger partial charge is 0.407 e. The topological polar surface area (TPSA) is 72.8 Å². The number of aliphatic hydroxyl groups is 1. The lowest BCUT2D eigenvalue weighted by Gasteiger charge is -2.19. The van der Waals surface area contributed by atoms with Crippen LogP contribution in [0.3, 0.4) is 0 Å². The average molecular weight is 174 g/mol. The molecule has 1 aliphatic heterocycles. The highest BCUT2D eigenvalue weighted by molar-refractivity contribution is 5.64. The third-order valence-corrected chi connectivity index (χ3v) is 2.14. The summed E-state index contributed by atoms with van der Waals surface area (Å²) in [5.41, 5.74) is 0. The van der Waals surface area contributed by atoms with Gasteiger partial charge in [-0.25, -0.2) is 4.79 Å². The van der Waals surface area contributed by atoms with Gasteiger partial charge in [-0.3, -0.25) is 0 Å². The molecule has 1 fully saturated rings. The SMILES string of the molecule is CN(C[C@@H]1CNC[C@H]1O)C(=O)O. The molecule has 0 aromatic carbocycles. The Labute approximate surface area is 71.0 Å². The molecule has 1 amide bonds. The summed E-state index contributed by atoms with van der Waals surface area (Å²) in [5.74, 6) is 0.0334. The van der Waals surface area contributed by atoms with Crippen molar-refractivity contribution >= 4 is 6.09 Å². The number of β-amino-alcohol motifs (C(OH)–C–C–N with tert-alkyl or cyclic N) is 1. The summed E-state index contributed by atoms with van der Waals surface area (Å²) in [6.45, 7) is 1.65. The van der Waals surface area contributed by atoms with Crippen LogP contribution >= 0.6 is 0 Å². The van der Waals surface area contributed by atoms with Crippen molar-refractivity contribution in [1.82, 2.24) is 10.2 Å². The maximum atomic E-state index is 10.4. The van der Waals surface area contributed by atoms with Gasteiger partial charge in [0.1, 0.15) is 0 Å². The molecule has 2 atom stereocenters. The van der Waals surface area contributed by atoms with Crippen molar-refractivity contribution < 1.29 is 15.0 Å². The fourth-order valence-electron chi connectivity index (χ4n) is 1.34. The molecule has 5 nitrogen and oxygen atoms in total. The minimum Gasteiger partial charge on any atom is -0.465 e. The molecule has 0 radical (unpaired) electrons. The summed E-state index contributed by atoms with van der Waals surface area (Å²) in [6.07, 6.45) is -1.36. The molecule has 0 unspecified atom stereocenters. The van der Waals surface area contributed by atoms with Gasteiger partial charge < -0.3 is 20.4 Å². The number of hydrogen-bond donors (Lipinski definition) is 3. The Morgan fingerprint density at radius 1 is 1.67 bits per heavy atom. The van der Waals surface area contributed by atoms with Gasteiger partial charge in [-0.1, -0.05) is 0 Å². The van der Waals surface area contributed by atoms with Gasteiger partial charge in [0, 0.05) is 32.6 Å². The van der Waals surface area contributed by atoms with Crippen molar-refractivity contribution in [3.63, 3.8) is 0 Å². The van der Waals surface area contributed by atoms with E-state index in [1.54, 1.807) is 0 Å². The minimum atomic E-state index is -0.950. The number of carbonyl (C=O) groups is 1. The first kappa shape index (κ1) is 9.28. The number of nitrogens with one attached hydrogen (secondary N) is 1. The molecule has 0 saturated carbocycles. The summed E-state index contributed by atoms with van der Waals surface area (Å²) in [5, 5.41) is 20.9. The van der Waals surface area contributed by atoms with Crippen LogP contribution in [0.15, 0.2) is 0 Å². The van der Waals surface area contributed by atoms with Gasteiger partial charge in [-0.15, -0.1) is 0 Å².